The summed E-state index contributed by atoms with van der Waals surface area (Å²) in [4.78, 5) is 58.5. The summed E-state index contributed by atoms with van der Waals surface area (Å²) in [6.07, 6.45) is 2.56. The van der Waals surface area contributed by atoms with E-state index < -0.39 is 47.9 Å². The summed E-state index contributed by atoms with van der Waals surface area (Å²) in [7, 11) is 0. The van der Waals surface area contributed by atoms with Crippen molar-refractivity contribution in [1.29, 1.82) is 0 Å². The fraction of sp³-hybridized carbons (Fsp3) is 0.656. The van der Waals surface area contributed by atoms with Crippen LogP contribution in [0.5, 0.6) is 5.75 Å². The molecule has 258 valence electrons. The van der Waals surface area contributed by atoms with Gasteiger partial charge in [0.25, 0.3) is 0 Å². The van der Waals surface area contributed by atoms with Crippen molar-refractivity contribution in [3.8, 4) is 5.75 Å². The third-order valence-corrected chi connectivity index (χ3v) is 6.46. The third-order valence-electron chi connectivity index (χ3n) is 6.46. The Morgan fingerprint density at radius 2 is 1.49 bits per heavy atom. The lowest BCUT2D eigenvalue weighted by Crippen LogP contribution is -2.50. The van der Waals surface area contributed by atoms with Crippen LogP contribution in [0.4, 0.5) is 0 Å². The van der Waals surface area contributed by atoms with Gasteiger partial charge in [-0.2, -0.15) is 0 Å². The number of amides is 3. The molecule has 5 unspecified atom stereocenters. The SMILES string of the molecule is CC.CCC(C)CC(=O)NC(C)C(=O)NC(CCC(=O)NC(CO)CCCC(N)C(=O)O)C(=O)O.CCCOc1ccccc1. The van der Waals surface area contributed by atoms with Gasteiger partial charge in [-0.25, -0.2) is 4.79 Å². The minimum Gasteiger partial charge on any atom is -0.494 e. The smallest absolute Gasteiger partial charge is 0.326 e. The van der Waals surface area contributed by atoms with Gasteiger partial charge in [0.1, 0.15) is 23.9 Å². The van der Waals surface area contributed by atoms with Gasteiger partial charge in [0.05, 0.1) is 19.3 Å². The largest absolute Gasteiger partial charge is 0.494 e. The van der Waals surface area contributed by atoms with E-state index in [0.29, 0.717) is 12.8 Å². The topological polar surface area (TPSA) is 217 Å². The first-order chi connectivity index (χ1) is 21.3. The van der Waals surface area contributed by atoms with Crippen molar-refractivity contribution in [2.45, 2.75) is 117 Å². The Kier molecular flexibility index (Phi) is 25.7. The van der Waals surface area contributed by atoms with Crippen molar-refractivity contribution >= 4 is 29.7 Å². The van der Waals surface area contributed by atoms with E-state index in [0.717, 1.165) is 25.2 Å². The maximum absolute atomic E-state index is 12.3. The molecule has 8 N–H and O–H groups in total. The van der Waals surface area contributed by atoms with E-state index in [4.69, 9.17) is 15.6 Å². The number of para-hydroxylation sites is 1. The molecule has 0 bridgehead atoms. The van der Waals surface area contributed by atoms with Crippen LogP contribution in [0.15, 0.2) is 30.3 Å². The fourth-order valence-corrected chi connectivity index (χ4v) is 3.61. The Morgan fingerprint density at radius 1 is 0.867 bits per heavy atom. The number of benzene rings is 1. The van der Waals surface area contributed by atoms with Crippen molar-refractivity contribution in [3.63, 3.8) is 0 Å². The Bertz CT molecular complexity index is 979. The molecular weight excluding hydrogens is 584 g/mol. The summed E-state index contributed by atoms with van der Waals surface area (Å²) >= 11 is 0. The highest BCUT2D eigenvalue weighted by Crippen LogP contribution is 2.09. The molecule has 0 aromatic heterocycles. The minimum atomic E-state index is -1.33. The summed E-state index contributed by atoms with van der Waals surface area (Å²) in [5.74, 6) is -2.85. The zero-order chi connectivity index (χ0) is 34.8. The Labute approximate surface area is 267 Å². The molecule has 0 aliphatic rings. The molecular formula is C32H56N4O9. The predicted molar refractivity (Wildman–Crippen MR) is 173 cm³/mol. The van der Waals surface area contributed by atoms with Crippen molar-refractivity contribution in [2.24, 2.45) is 11.7 Å². The molecule has 0 spiro atoms. The molecule has 1 rings (SSSR count). The fourth-order valence-electron chi connectivity index (χ4n) is 3.61. The normalized spacial score (nSPS) is 13.5. The summed E-state index contributed by atoms with van der Waals surface area (Å²) in [6, 6.07) is 5.95. The number of carboxylic acid groups (broad SMARTS) is 2. The molecule has 0 saturated carbocycles. The Hall–Kier alpha value is -3.71. The molecule has 0 aliphatic heterocycles. The lowest BCUT2D eigenvalue weighted by Gasteiger charge is -2.20. The molecule has 13 nitrogen and oxygen atoms in total. The maximum atomic E-state index is 12.3. The second-order valence-corrected chi connectivity index (χ2v) is 10.4. The number of aliphatic carboxylic acids is 2. The van der Waals surface area contributed by atoms with Gasteiger partial charge >= 0.3 is 11.9 Å². The van der Waals surface area contributed by atoms with E-state index in [1.807, 2.05) is 58.0 Å². The number of nitrogens with two attached hydrogens (primary N) is 1. The van der Waals surface area contributed by atoms with Crippen LogP contribution in [0.3, 0.4) is 0 Å². The van der Waals surface area contributed by atoms with E-state index in [2.05, 4.69) is 22.9 Å². The van der Waals surface area contributed by atoms with Crippen molar-refractivity contribution in [3.05, 3.63) is 30.3 Å². The maximum Gasteiger partial charge on any atom is 0.326 e. The van der Waals surface area contributed by atoms with Crippen LogP contribution in [0.25, 0.3) is 0 Å². The number of hydrogen-bond acceptors (Lipinski definition) is 8. The molecule has 1 aromatic rings. The number of carbonyl (C=O) groups is 5. The molecule has 45 heavy (non-hydrogen) atoms. The molecule has 3 amide bonds. The van der Waals surface area contributed by atoms with Crippen LogP contribution >= 0.6 is 0 Å². The Morgan fingerprint density at radius 3 is 2.00 bits per heavy atom. The highest BCUT2D eigenvalue weighted by atomic mass is 16.5. The first-order valence-electron chi connectivity index (χ1n) is 15.7. The van der Waals surface area contributed by atoms with E-state index >= 15 is 0 Å². The number of ether oxygens (including phenoxy) is 1. The van der Waals surface area contributed by atoms with E-state index in [-0.39, 0.29) is 44.1 Å². The molecule has 0 radical (unpaired) electrons. The minimum absolute atomic E-state index is 0.155. The number of aliphatic hydroxyl groups excluding tert-OH is 1. The molecule has 0 fully saturated rings. The van der Waals surface area contributed by atoms with Gasteiger partial charge in [0.2, 0.25) is 17.7 Å². The number of hydrogen-bond donors (Lipinski definition) is 7. The lowest BCUT2D eigenvalue weighted by molar-refractivity contribution is -0.142. The lowest BCUT2D eigenvalue weighted by atomic mass is 10.0. The monoisotopic (exact) mass is 640 g/mol. The number of carboxylic acids is 2. The first kappa shape index (κ1) is 43.4. The van der Waals surface area contributed by atoms with Gasteiger partial charge in [0.15, 0.2) is 0 Å². The number of rotatable bonds is 20. The van der Waals surface area contributed by atoms with Gasteiger partial charge in [0, 0.05) is 12.8 Å². The van der Waals surface area contributed by atoms with Crippen LogP contribution in [0.1, 0.15) is 92.9 Å². The number of nitrogens with one attached hydrogen (secondary N) is 3. The molecule has 5 atom stereocenters. The molecule has 13 heteroatoms. The zero-order valence-electron chi connectivity index (χ0n) is 27.7. The standard InChI is InChI=1S/C21H38N4O8.C9H12O.C2H6/c1-4-12(2)10-18(28)23-13(3)19(29)25-16(21(32)33)8-9-17(27)24-14(11-26)6-5-7-15(22)20(30)31;1-2-8-10-9-6-4-3-5-7-9;1-2/h12-16,26H,4-11,22H2,1-3H3,(H,23,28)(H,24,27)(H,25,29)(H,30,31)(H,32,33);3-7H,2,8H2,1H3;1-2H3. The predicted octanol–water partition coefficient (Wildman–Crippen LogP) is 2.84. The van der Waals surface area contributed by atoms with Crippen LogP contribution < -0.4 is 26.4 Å². The molecule has 0 aliphatic carbocycles. The summed E-state index contributed by atoms with van der Waals surface area (Å²) < 4.78 is 5.36. The van der Waals surface area contributed by atoms with Crippen molar-refractivity contribution < 1.29 is 44.0 Å². The van der Waals surface area contributed by atoms with E-state index in [1.165, 1.54) is 6.92 Å². The van der Waals surface area contributed by atoms with E-state index in [1.54, 1.807) is 0 Å². The van der Waals surface area contributed by atoms with Gasteiger partial charge in [-0.05, 0) is 57.1 Å². The highest BCUT2D eigenvalue weighted by molar-refractivity contribution is 5.90. The summed E-state index contributed by atoms with van der Waals surface area (Å²) in [5.41, 5.74) is 5.41. The Balaban J connectivity index is 0. The summed E-state index contributed by atoms with van der Waals surface area (Å²) in [6.45, 7) is 11.8. The molecule has 0 saturated heterocycles. The van der Waals surface area contributed by atoms with Gasteiger partial charge in [-0.1, -0.05) is 59.2 Å². The van der Waals surface area contributed by atoms with Gasteiger partial charge < -0.3 is 41.7 Å². The average molecular weight is 641 g/mol. The quantitative estimate of drug-likeness (QED) is 0.111. The average Bonchev–Trinajstić information content (AvgIpc) is 3.02. The van der Waals surface area contributed by atoms with Gasteiger partial charge in [-0.15, -0.1) is 0 Å². The summed E-state index contributed by atoms with van der Waals surface area (Å²) in [5, 5.41) is 34.9. The van der Waals surface area contributed by atoms with Crippen LogP contribution in [0, 0.1) is 5.92 Å². The van der Waals surface area contributed by atoms with Gasteiger partial charge in [-0.3, -0.25) is 19.2 Å². The zero-order valence-corrected chi connectivity index (χ0v) is 27.7. The van der Waals surface area contributed by atoms with Crippen LogP contribution in [0.2, 0.25) is 0 Å². The van der Waals surface area contributed by atoms with Crippen LogP contribution in [-0.2, 0) is 24.0 Å². The third kappa shape index (κ3) is 22.5. The second-order valence-electron chi connectivity index (χ2n) is 10.4. The second kappa shape index (κ2) is 26.7. The van der Waals surface area contributed by atoms with E-state index in [9.17, 15) is 34.2 Å². The number of carbonyl (C=O) groups excluding carboxylic acids is 3. The molecule has 0 heterocycles. The molecule has 1 aromatic carbocycles. The highest BCUT2D eigenvalue weighted by Gasteiger charge is 2.25. The van der Waals surface area contributed by atoms with Crippen molar-refractivity contribution in [2.75, 3.05) is 13.2 Å². The van der Waals surface area contributed by atoms with Crippen molar-refractivity contribution in [1.82, 2.24) is 16.0 Å². The van der Waals surface area contributed by atoms with Crippen LogP contribution in [-0.4, -0.2) is 82.4 Å². The first-order valence-corrected chi connectivity index (χ1v) is 15.7. The number of aliphatic hydroxyl groups is 1.